The first-order valence-electron chi connectivity index (χ1n) is 7.42. The number of carbonyl (C=O) groups excluding carboxylic acids is 1. The number of thioether (sulfide) groups is 1. The molecule has 0 aliphatic carbocycles. The van der Waals surface area contributed by atoms with E-state index in [1.54, 1.807) is 30.0 Å². The van der Waals surface area contributed by atoms with Gasteiger partial charge in [-0.2, -0.15) is 9.36 Å². The SMILES string of the molecule is CCCSc1nsc(NC(=O)Nc2cccc(CCC(=O)O)c2)n1. The average molecular weight is 366 g/mol. The van der Waals surface area contributed by atoms with E-state index in [2.05, 4.69) is 26.9 Å². The zero-order valence-corrected chi connectivity index (χ0v) is 14.7. The number of aromatic nitrogens is 2. The molecule has 7 nitrogen and oxygen atoms in total. The number of urea groups is 1. The van der Waals surface area contributed by atoms with Crippen LogP contribution in [-0.2, 0) is 11.2 Å². The summed E-state index contributed by atoms with van der Waals surface area (Å²) in [6, 6.07) is 6.69. The molecule has 1 aromatic carbocycles. The van der Waals surface area contributed by atoms with E-state index in [4.69, 9.17) is 5.11 Å². The first kappa shape index (κ1) is 18.2. The molecule has 1 aromatic heterocycles. The second kappa shape index (κ2) is 9.24. The minimum atomic E-state index is -0.848. The highest BCUT2D eigenvalue weighted by atomic mass is 32.2. The molecule has 9 heteroatoms. The predicted octanol–water partition coefficient (Wildman–Crippen LogP) is 3.70. The summed E-state index contributed by atoms with van der Waals surface area (Å²) in [6.45, 7) is 2.08. The average Bonchev–Trinajstić information content (AvgIpc) is 2.98. The Balaban J connectivity index is 1.88. The predicted molar refractivity (Wildman–Crippen MR) is 96.0 cm³/mol. The van der Waals surface area contributed by atoms with Crippen LogP contribution in [0.1, 0.15) is 25.3 Å². The van der Waals surface area contributed by atoms with Crippen LogP contribution in [0.5, 0.6) is 0 Å². The second-order valence-electron chi connectivity index (χ2n) is 4.90. The van der Waals surface area contributed by atoms with Crippen molar-refractivity contribution in [3.63, 3.8) is 0 Å². The number of hydrogen-bond donors (Lipinski definition) is 3. The maximum atomic E-state index is 12.0. The van der Waals surface area contributed by atoms with E-state index in [0.717, 1.165) is 29.3 Å². The molecule has 24 heavy (non-hydrogen) atoms. The van der Waals surface area contributed by atoms with E-state index in [1.165, 1.54) is 0 Å². The molecule has 0 bridgehead atoms. The van der Waals surface area contributed by atoms with Gasteiger partial charge in [0.05, 0.1) is 0 Å². The molecule has 0 radical (unpaired) electrons. The smallest absolute Gasteiger partial charge is 0.325 e. The first-order chi connectivity index (χ1) is 11.6. The number of rotatable bonds is 8. The molecule has 128 valence electrons. The Kier molecular flexibility index (Phi) is 7.01. The Hall–Kier alpha value is -2.13. The van der Waals surface area contributed by atoms with Crippen LogP contribution < -0.4 is 10.6 Å². The van der Waals surface area contributed by atoms with Crippen LogP contribution in [0.4, 0.5) is 15.6 Å². The number of carboxylic acids is 1. The van der Waals surface area contributed by atoms with Gasteiger partial charge in [-0.25, -0.2) is 4.79 Å². The number of carbonyl (C=O) groups is 2. The lowest BCUT2D eigenvalue weighted by Crippen LogP contribution is -2.19. The molecule has 0 fully saturated rings. The van der Waals surface area contributed by atoms with Gasteiger partial charge in [-0.1, -0.05) is 30.8 Å². The molecule has 0 aliphatic rings. The topological polar surface area (TPSA) is 104 Å². The summed E-state index contributed by atoms with van der Waals surface area (Å²) in [5.41, 5.74) is 1.45. The van der Waals surface area contributed by atoms with Crippen LogP contribution in [0.15, 0.2) is 29.4 Å². The number of nitrogens with one attached hydrogen (secondary N) is 2. The van der Waals surface area contributed by atoms with Crippen molar-refractivity contribution in [3.05, 3.63) is 29.8 Å². The zero-order valence-electron chi connectivity index (χ0n) is 13.1. The fourth-order valence-electron chi connectivity index (χ4n) is 1.83. The molecule has 1 heterocycles. The Morgan fingerprint density at radius 1 is 1.33 bits per heavy atom. The second-order valence-corrected chi connectivity index (χ2v) is 6.72. The van der Waals surface area contributed by atoms with Crippen molar-refractivity contribution in [1.82, 2.24) is 9.36 Å². The van der Waals surface area contributed by atoms with E-state index < -0.39 is 12.0 Å². The monoisotopic (exact) mass is 366 g/mol. The van der Waals surface area contributed by atoms with Gasteiger partial charge < -0.3 is 10.4 Å². The van der Waals surface area contributed by atoms with Crippen LogP contribution in [0, 0.1) is 0 Å². The van der Waals surface area contributed by atoms with Gasteiger partial charge in [0.1, 0.15) is 0 Å². The van der Waals surface area contributed by atoms with Crippen molar-refractivity contribution in [1.29, 1.82) is 0 Å². The third-order valence-electron chi connectivity index (χ3n) is 2.88. The summed E-state index contributed by atoms with van der Waals surface area (Å²) < 4.78 is 4.16. The van der Waals surface area contributed by atoms with Crippen molar-refractivity contribution in [2.24, 2.45) is 0 Å². The van der Waals surface area contributed by atoms with Gasteiger partial charge in [0.2, 0.25) is 10.3 Å². The minimum absolute atomic E-state index is 0.0542. The normalized spacial score (nSPS) is 10.4. The lowest BCUT2D eigenvalue weighted by molar-refractivity contribution is -0.136. The Morgan fingerprint density at radius 2 is 2.17 bits per heavy atom. The molecule has 0 atom stereocenters. The van der Waals surface area contributed by atoms with Crippen molar-refractivity contribution in [2.75, 3.05) is 16.4 Å². The Morgan fingerprint density at radius 3 is 2.92 bits per heavy atom. The number of hydrogen-bond acceptors (Lipinski definition) is 6. The van der Waals surface area contributed by atoms with Crippen LogP contribution in [0.3, 0.4) is 0 Å². The summed E-state index contributed by atoms with van der Waals surface area (Å²) in [4.78, 5) is 26.8. The largest absolute Gasteiger partial charge is 0.481 e. The van der Waals surface area contributed by atoms with Crippen LogP contribution in [0.25, 0.3) is 0 Å². The molecule has 0 spiro atoms. The highest BCUT2D eigenvalue weighted by Gasteiger charge is 2.09. The first-order valence-corrected chi connectivity index (χ1v) is 9.18. The summed E-state index contributed by atoms with van der Waals surface area (Å²) in [6.07, 6.45) is 1.50. The highest BCUT2D eigenvalue weighted by Crippen LogP contribution is 2.21. The summed E-state index contributed by atoms with van der Waals surface area (Å²) in [5, 5.41) is 15.2. The molecular formula is C15H18N4O3S2. The standard InChI is InChI=1S/C15H18N4O3S2/c1-2-8-23-15-18-14(24-19-15)17-13(22)16-11-5-3-4-10(9-11)6-7-12(20)21/h3-5,9H,2,6-8H2,1H3,(H,20,21)(H2,16,17,18,19,22). The van der Waals surface area contributed by atoms with Gasteiger partial charge in [0.15, 0.2) is 0 Å². The van der Waals surface area contributed by atoms with E-state index in [0.29, 0.717) is 22.4 Å². The van der Waals surface area contributed by atoms with Crippen LogP contribution in [0.2, 0.25) is 0 Å². The molecule has 2 rings (SSSR count). The lowest BCUT2D eigenvalue weighted by atomic mass is 10.1. The summed E-state index contributed by atoms with van der Waals surface area (Å²) >= 11 is 2.68. The third-order valence-corrected chi connectivity index (χ3v) is 4.67. The number of aryl methyl sites for hydroxylation is 1. The minimum Gasteiger partial charge on any atom is -0.481 e. The van der Waals surface area contributed by atoms with Gasteiger partial charge in [0.25, 0.3) is 0 Å². The number of carboxylic acid groups (broad SMARTS) is 1. The lowest BCUT2D eigenvalue weighted by Gasteiger charge is -2.07. The number of amides is 2. The highest BCUT2D eigenvalue weighted by molar-refractivity contribution is 7.99. The number of benzene rings is 1. The molecule has 0 aliphatic heterocycles. The van der Waals surface area contributed by atoms with Crippen molar-refractivity contribution in [3.8, 4) is 0 Å². The molecular weight excluding hydrogens is 348 g/mol. The van der Waals surface area contributed by atoms with Gasteiger partial charge in [-0.3, -0.25) is 10.1 Å². The number of anilines is 2. The number of nitrogens with zero attached hydrogens (tertiary/aromatic N) is 2. The van der Waals surface area contributed by atoms with Crippen LogP contribution >= 0.6 is 23.3 Å². The quantitative estimate of drug-likeness (QED) is 0.615. The molecule has 2 aromatic rings. The fourth-order valence-corrected chi connectivity index (χ4v) is 3.22. The van der Waals surface area contributed by atoms with Gasteiger partial charge in [-0.05, 0) is 30.5 Å². The van der Waals surface area contributed by atoms with E-state index in [1.807, 2.05) is 6.07 Å². The Labute approximate surface area is 148 Å². The molecule has 0 saturated carbocycles. The molecule has 2 amide bonds. The van der Waals surface area contributed by atoms with E-state index in [-0.39, 0.29) is 6.42 Å². The maximum absolute atomic E-state index is 12.0. The fraction of sp³-hybridized carbons (Fsp3) is 0.333. The van der Waals surface area contributed by atoms with Crippen molar-refractivity contribution >= 4 is 46.1 Å². The van der Waals surface area contributed by atoms with Crippen LogP contribution in [-0.4, -0.2) is 32.2 Å². The summed E-state index contributed by atoms with van der Waals surface area (Å²) in [7, 11) is 0. The van der Waals surface area contributed by atoms with Gasteiger partial charge in [0, 0.05) is 29.4 Å². The van der Waals surface area contributed by atoms with E-state index in [9.17, 15) is 9.59 Å². The Bertz CT molecular complexity index is 706. The molecule has 3 N–H and O–H groups in total. The maximum Gasteiger partial charge on any atom is 0.325 e. The van der Waals surface area contributed by atoms with Gasteiger partial charge in [-0.15, -0.1) is 0 Å². The number of aliphatic carboxylic acids is 1. The van der Waals surface area contributed by atoms with E-state index >= 15 is 0 Å². The molecule has 0 unspecified atom stereocenters. The zero-order chi connectivity index (χ0) is 17.4. The van der Waals surface area contributed by atoms with Crippen molar-refractivity contribution in [2.45, 2.75) is 31.3 Å². The third kappa shape index (κ3) is 6.17. The van der Waals surface area contributed by atoms with Crippen molar-refractivity contribution < 1.29 is 14.7 Å². The summed E-state index contributed by atoms with van der Waals surface area (Å²) in [5.74, 6) is 0.0880. The molecule has 0 saturated heterocycles. The van der Waals surface area contributed by atoms with Gasteiger partial charge >= 0.3 is 12.0 Å².